The molecule has 0 radical (unpaired) electrons. The van der Waals surface area contributed by atoms with Crippen molar-refractivity contribution in [2.45, 2.75) is 25.7 Å². The fourth-order valence-electron chi connectivity index (χ4n) is 0.785. The second kappa shape index (κ2) is 2.35. The molecule has 1 rings (SSSR count). The van der Waals surface area contributed by atoms with Crippen LogP contribution in [0.25, 0.3) is 0 Å². The van der Waals surface area contributed by atoms with E-state index in [4.69, 9.17) is 0 Å². The highest BCUT2D eigenvalue weighted by molar-refractivity contribution is 7.80. The zero-order valence-electron chi connectivity index (χ0n) is 5.86. The highest BCUT2D eigenvalue weighted by Crippen LogP contribution is 2.28. The molecule has 1 heterocycles. The van der Waals surface area contributed by atoms with Gasteiger partial charge < -0.3 is 0 Å². The molecule has 0 saturated carbocycles. The van der Waals surface area contributed by atoms with Crippen LogP contribution < -0.4 is 0 Å². The van der Waals surface area contributed by atoms with Gasteiger partial charge in [0.25, 0.3) is 0 Å². The lowest BCUT2D eigenvalue weighted by Gasteiger charge is -1.87. The van der Waals surface area contributed by atoms with E-state index in [1.54, 1.807) is 0 Å². The van der Waals surface area contributed by atoms with Gasteiger partial charge in [-0.15, -0.1) is 24.0 Å². The Morgan fingerprint density at radius 1 is 1.11 bits per heavy atom. The van der Waals surface area contributed by atoms with Crippen LogP contribution in [-0.2, 0) is 0 Å². The molecule has 9 heavy (non-hydrogen) atoms. The van der Waals surface area contributed by atoms with Crippen LogP contribution in [0.3, 0.4) is 0 Å². The fourth-order valence-corrected chi connectivity index (χ4v) is 2.13. The quantitative estimate of drug-likeness (QED) is 0.551. The summed E-state index contributed by atoms with van der Waals surface area (Å²) in [7, 11) is 0. The average Bonchev–Trinajstić information content (AvgIpc) is 1.98. The summed E-state index contributed by atoms with van der Waals surface area (Å²) in [6.07, 6.45) is 0. The highest BCUT2D eigenvalue weighted by Gasteiger charge is 2.03. The lowest BCUT2D eigenvalue weighted by molar-refractivity contribution is 1.29. The number of hydrogen-bond acceptors (Lipinski definition) is 2. The van der Waals surface area contributed by atoms with E-state index in [1.807, 2.05) is 11.3 Å². The molecule has 0 atom stereocenters. The second-order valence-corrected chi connectivity index (χ2v) is 4.06. The molecule has 0 aliphatic rings. The smallest absolute Gasteiger partial charge is 0.0209 e. The van der Waals surface area contributed by atoms with Crippen molar-refractivity contribution in [2.24, 2.45) is 0 Å². The van der Waals surface area contributed by atoms with Crippen LogP contribution in [-0.4, -0.2) is 0 Å². The molecule has 0 unspecified atom stereocenters. The Morgan fingerprint density at radius 2 is 1.67 bits per heavy atom. The Labute approximate surface area is 65.3 Å². The molecule has 0 spiro atoms. The zero-order chi connectivity index (χ0) is 7.02. The summed E-state index contributed by atoms with van der Waals surface area (Å²) in [6.45, 7) is 6.35. The van der Waals surface area contributed by atoms with Crippen LogP contribution in [0.2, 0.25) is 0 Å². The number of hydrogen-bond donors (Lipinski definition) is 1. The highest BCUT2D eigenvalue weighted by atomic mass is 32.1. The van der Waals surface area contributed by atoms with Crippen molar-refractivity contribution >= 4 is 24.0 Å². The van der Waals surface area contributed by atoms with Crippen LogP contribution >= 0.6 is 24.0 Å². The largest absolute Gasteiger partial charge is 0.145 e. The lowest BCUT2D eigenvalue weighted by Crippen LogP contribution is -1.69. The van der Waals surface area contributed by atoms with E-state index >= 15 is 0 Å². The van der Waals surface area contributed by atoms with Gasteiger partial charge in [-0.1, -0.05) is 0 Å². The van der Waals surface area contributed by atoms with Crippen molar-refractivity contribution < 1.29 is 0 Å². The van der Waals surface area contributed by atoms with Crippen molar-refractivity contribution in [1.82, 2.24) is 0 Å². The van der Waals surface area contributed by atoms with E-state index < -0.39 is 0 Å². The van der Waals surface area contributed by atoms with Crippen LogP contribution in [0.4, 0.5) is 0 Å². The van der Waals surface area contributed by atoms with Gasteiger partial charge in [0.2, 0.25) is 0 Å². The van der Waals surface area contributed by atoms with Gasteiger partial charge >= 0.3 is 0 Å². The molecule has 1 aromatic rings. The van der Waals surface area contributed by atoms with E-state index in [0.29, 0.717) is 0 Å². The second-order valence-electron chi connectivity index (χ2n) is 2.19. The summed E-state index contributed by atoms with van der Waals surface area (Å²) >= 11 is 6.16. The maximum atomic E-state index is 4.34. The molecule has 0 saturated heterocycles. The minimum absolute atomic E-state index is 1.16. The molecule has 0 aliphatic heterocycles. The Kier molecular flexibility index (Phi) is 1.87. The predicted octanol–water partition coefficient (Wildman–Crippen LogP) is 2.96. The number of aryl methyl sites for hydroxylation is 2. The van der Waals surface area contributed by atoms with Crippen LogP contribution in [0.15, 0.2) is 4.90 Å². The number of thiol groups is 1. The van der Waals surface area contributed by atoms with Crippen molar-refractivity contribution in [1.29, 1.82) is 0 Å². The van der Waals surface area contributed by atoms with E-state index in [1.165, 1.54) is 15.3 Å². The van der Waals surface area contributed by atoms with Crippen LogP contribution in [0.5, 0.6) is 0 Å². The summed E-state index contributed by atoms with van der Waals surface area (Å²) in [6, 6.07) is 0. The minimum Gasteiger partial charge on any atom is -0.145 e. The topological polar surface area (TPSA) is 0 Å². The zero-order valence-corrected chi connectivity index (χ0v) is 7.57. The molecular formula is C7H10S2. The molecule has 2 heteroatoms. The third-order valence-electron chi connectivity index (χ3n) is 1.52. The molecule has 1 aromatic heterocycles. The van der Waals surface area contributed by atoms with Crippen molar-refractivity contribution in [2.75, 3.05) is 0 Å². The van der Waals surface area contributed by atoms with Gasteiger partial charge in [-0.2, -0.15) is 0 Å². The third kappa shape index (κ3) is 1.14. The first kappa shape index (κ1) is 7.16. The van der Waals surface area contributed by atoms with E-state index in [0.717, 1.165) is 4.90 Å². The summed E-state index contributed by atoms with van der Waals surface area (Å²) < 4.78 is 0. The van der Waals surface area contributed by atoms with E-state index in [-0.39, 0.29) is 0 Å². The fraction of sp³-hybridized carbons (Fsp3) is 0.429. The van der Waals surface area contributed by atoms with Gasteiger partial charge in [-0.3, -0.25) is 0 Å². The summed E-state index contributed by atoms with van der Waals surface area (Å²) in [4.78, 5) is 3.88. The van der Waals surface area contributed by atoms with E-state index in [9.17, 15) is 0 Å². The van der Waals surface area contributed by atoms with Gasteiger partial charge in [0, 0.05) is 14.6 Å². The third-order valence-corrected chi connectivity index (χ3v) is 3.47. The predicted molar refractivity (Wildman–Crippen MR) is 45.8 cm³/mol. The van der Waals surface area contributed by atoms with Gasteiger partial charge in [0.15, 0.2) is 0 Å². The van der Waals surface area contributed by atoms with Gasteiger partial charge in [-0.25, -0.2) is 0 Å². The van der Waals surface area contributed by atoms with Gasteiger partial charge in [-0.05, 0) is 26.3 Å². The molecule has 0 bridgehead atoms. The van der Waals surface area contributed by atoms with Crippen molar-refractivity contribution in [3.05, 3.63) is 15.3 Å². The van der Waals surface area contributed by atoms with Crippen LogP contribution in [0, 0.1) is 20.8 Å². The average molecular weight is 158 g/mol. The first-order chi connectivity index (χ1) is 4.13. The van der Waals surface area contributed by atoms with E-state index in [2.05, 4.69) is 33.4 Å². The van der Waals surface area contributed by atoms with Gasteiger partial charge in [0.1, 0.15) is 0 Å². The summed E-state index contributed by atoms with van der Waals surface area (Å²) in [5, 5.41) is 0. The standard InChI is InChI=1S/C7H10S2/c1-4-5(2)9-6(3)7(4)8/h8H,1-3H3. The maximum absolute atomic E-state index is 4.34. The van der Waals surface area contributed by atoms with Crippen LogP contribution in [0.1, 0.15) is 15.3 Å². The number of thiophene rings is 1. The molecule has 50 valence electrons. The first-order valence-electron chi connectivity index (χ1n) is 2.88. The SMILES string of the molecule is Cc1sc(C)c(S)c1C. The first-order valence-corrected chi connectivity index (χ1v) is 4.15. The molecule has 0 amide bonds. The molecular weight excluding hydrogens is 148 g/mol. The van der Waals surface area contributed by atoms with Crippen molar-refractivity contribution in [3.8, 4) is 0 Å². The van der Waals surface area contributed by atoms with Gasteiger partial charge in [0.05, 0.1) is 0 Å². The number of rotatable bonds is 0. The normalized spacial score (nSPS) is 10.2. The maximum Gasteiger partial charge on any atom is 0.0209 e. The minimum atomic E-state index is 1.16. The summed E-state index contributed by atoms with van der Waals surface area (Å²) in [5.41, 5.74) is 1.33. The lowest BCUT2D eigenvalue weighted by atomic mass is 10.3. The molecule has 0 nitrogen and oxygen atoms in total. The Morgan fingerprint density at radius 3 is 1.78 bits per heavy atom. The molecule has 0 fully saturated rings. The van der Waals surface area contributed by atoms with Crippen molar-refractivity contribution in [3.63, 3.8) is 0 Å². The summed E-state index contributed by atoms with van der Waals surface area (Å²) in [5.74, 6) is 0. The Bertz CT molecular complexity index is 201. The molecule has 0 N–H and O–H groups in total. The monoisotopic (exact) mass is 158 g/mol. The molecule has 0 aliphatic carbocycles. The molecule has 0 aromatic carbocycles. The Balaban J connectivity index is 3.29. The Hall–Kier alpha value is 0.0500.